The molecule has 1 fully saturated rings. The molecule has 9 heteroatoms. The number of rotatable bonds is 64. The molecular weight excluding hydrogens is 1050 g/mol. The van der Waals surface area contributed by atoms with E-state index in [4.69, 9.17) is 9.47 Å². The minimum atomic E-state index is -1.57. The van der Waals surface area contributed by atoms with E-state index in [1.165, 1.54) is 257 Å². The standard InChI is InChI=1S/C76H139NO8/c1-3-5-7-9-11-13-15-17-19-21-23-25-27-28-29-30-31-32-33-34-35-36-37-38-39-40-41-42-44-46-48-50-52-54-56-58-60-62-64-66-72(80)77-69(68-84-76-75(83)74(82)73(81)71(67-78)85-76)70(79)65-63-61-59-57-55-53-51-49-47-45-43-26-24-22-20-18-16-14-12-10-8-6-4-2/h5,7,11,13,17,19,23,25,28-29,63,65,69-71,73-76,78-79,81-83H,3-4,6,8-10,12,14-16,18,20-22,24,26-27,30-62,64,66-68H2,1-2H3,(H,77,80)/b7-5-,13-11-,19-17-,25-23-,29-28-,65-63+. The summed E-state index contributed by atoms with van der Waals surface area (Å²) in [6, 6.07) is -0.806. The van der Waals surface area contributed by atoms with Crippen LogP contribution in [0.15, 0.2) is 72.9 Å². The summed E-state index contributed by atoms with van der Waals surface area (Å²) in [4.78, 5) is 13.1. The molecule has 0 saturated carbocycles. The fourth-order valence-corrected chi connectivity index (χ4v) is 11.6. The van der Waals surface area contributed by atoms with Gasteiger partial charge in [-0.05, 0) is 64.2 Å². The number of ether oxygens (including phenoxy) is 2. The van der Waals surface area contributed by atoms with Gasteiger partial charge in [0.25, 0.3) is 0 Å². The topological polar surface area (TPSA) is 149 Å². The number of aliphatic hydroxyl groups excluding tert-OH is 5. The van der Waals surface area contributed by atoms with Crippen LogP contribution in [0.3, 0.4) is 0 Å². The number of carbonyl (C=O) groups excluding carboxylic acids is 1. The summed E-state index contributed by atoms with van der Waals surface area (Å²) in [6.45, 7) is 3.71. The van der Waals surface area contributed by atoms with Gasteiger partial charge in [-0.25, -0.2) is 0 Å². The maximum atomic E-state index is 13.1. The van der Waals surface area contributed by atoms with Crippen molar-refractivity contribution in [3.8, 4) is 0 Å². The van der Waals surface area contributed by atoms with Gasteiger partial charge in [0.05, 0.1) is 25.4 Å². The third-order valence-corrected chi connectivity index (χ3v) is 17.3. The summed E-state index contributed by atoms with van der Waals surface area (Å²) < 4.78 is 11.3. The number of carbonyl (C=O) groups is 1. The zero-order chi connectivity index (χ0) is 61.4. The number of hydrogen-bond donors (Lipinski definition) is 6. The van der Waals surface area contributed by atoms with Crippen molar-refractivity contribution < 1.29 is 39.8 Å². The maximum absolute atomic E-state index is 13.1. The molecule has 0 bridgehead atoms. The molecule has 1 aliphatic rings. The van der Waals surface area contributed by atoms with E-state index in [1.54, 1.807) is 6.08 Å². The molecule has 1 amide bonds. The first kappa shape index (κ1) is 80.6. The summed E-state index contributed by atoms with van der Waals surface area (Å²) >= 11 is 0. The molecule has 1 rings (SSSR count). The van der Waals surface area contributed by atoms with Gasteiger partial charge in [0.1, 0.15) is 24.4 Å². The zero-order valence-corrected chi connectivity index (χ0v) is 55.6. The Kier molecular flexibility index (Phi) is 61.3. The van der Waals surface area contributed by atoms with E-state index >= 15 is 0 Å². The molecule has 85 heavy (non-hydrogen) atoms. The highest BCUT2D eigenvalue weighted by Gasteiger charge is 2.44. The number of amides is 1. The van der Waals surface area contributed by atoms with Crippen LogP contribution in [0.25, 0.3) is 0 Å². The number of allylic oxidation sites excluding steroid dienone is 11. The highest BCUT2D eigenvalue weighted by molar-refractivity contribution is 5.76. The minimum absolute atomic E-state index is 0.171. The van der Waals surface area contributed by atoms with Crippen LogP contribution in [0.5, 0.6) is 0 Å². The molecule has 0 radical (unpaired) electrons. The van der Waals surface area contributed by atoms with E-state index in [0.717, 1.165) is 70.6 Å². The van der Waals surface area contributed by atoms with Crippen LogP contribution in [0.2, 0.25) is 0 Å². The van der Waals surface area contributed by atoms with E-state index in [1.807, 2.05) is 6.08 Å². The van der Waals surface area contributed by atoms with E-state index in [9.17, 15) is 30.3 Å². The van der Waals surface area contributed by atoms with Gasteiger partial charge >= 0.3 is 0 Å². The van der Waals surface area contributed by atoms with Crippen molar-refractivity contribution in [1.82, 2.24) is 5.32 Å². The first-order valence-corrected chi connectivity index (χ1v) is 36.7. The Morgan fingerprint density at radius 3 is 1.08 bits per heavy atom. The first-order chi connectivity index (χ1) is 41.8. The second kappa shape index (κ2) is 64.6. The monoisotopic (exact) mass is 1190 g/mol. The molecule has 0 aromatic rings. The maximum Gasteiger partial charge on any atom is 0.220 e. The summed E-state index contributed by atoms with van der Waals surface area (Å²) in [5, 5.41) is 54.8. The number of aliphatic hydroxyl groups is 5. The molecule has 0 spiro atoms. The molecule has 1 heterocycles. The van der Waals surface area contributed by atoms with Gasteiger partial charge in [0, 0.05) is 6.42 Å². The zero-order valence-electron chi connectivity index (χ0n) is 55.6. The van der Waals surface area contributed by atoms with Gasteiger partial charge in [-0.3, -0.25) is 4.79 Å². The Hall–Kier alpha value is -2.37. The average molecular weight is 1190 g/mol. The van der Waals surface area contributed by atoms with Gasteiger partial charge in [0.2, 0.25) is 5.91 Å². The molecule has 6 N–H and O–H groups in total. The van der Waals surface area contributed by atoms with Crippen molar-refractivity contribution in [2.24, 2.45) is 0 Å². The smallest absolute Gasteiger partial charge is 0.220 e. The lowest BCUT2D eigenvalue weighted by Crippen LogP contribution is -2.60. The van der Waals surface area contributed by atoms with Crippen molar-refractivity contribution in [1.29, 1.82) is 0 Å². The highest BCUT2D eigenvalue weighted by Crippen LogP contribution is 2.23. The Morgan fingerprint density at radius 1 is 0.412 bits per heavy atom. The van der Waals surface area contributed by atoms with Crippen LogP contribution < -0.4 is 5.32 Å². The van der Waals surface area contributed by atoms with Crippen molar-refractivity contribution >= 4 is 5.91 Å². The fraction of sp³-hybridized carbons (Fsp3) is 0.829. The number of hydrogen-bond acceptors (Lipinski definition) is 8. The second-order valence-corrected chi connectivity index (χ2v) is 25.4. The largest absolute Gasteiger partial charge is 0.394 e. The lowest BCUT2D eigenvalue weighted by molar-refractivity contribution is -0.302. The van der Waals surface area contributed by atoms with Crippen molar-refractivity contribution in [2.75, 3.05) is 13.2 Å². The molecule has 496 valence electrons. The van der Waals surface area contributed by atoms with Crippen LogP contribution in [0, 0.1) is 0 Å². The predicted molar refractivity (Wildman–Crippen MR) is 364 cm³/mol. The summed E-state index contributed by atoms with van der Waals surface area (Å²) in [6.07, 6.45) is 84.5. The highest BCUT2D eigenvalue weighted by atomic mass is 16.7. The molecular formula is C76H139NO8. The number of unbranched alkanes of at least 4 members (excludes halogenated alkanes) is 44. The Morgan fingerprint density at radius 2 is 0.729 bits per heavy atom. The summed E-state index contributed by atoms with van der Waals surface area (Å²) in [5.41, 5.74) is 0. The molecule has 1 aliphatic heterocycles. The van der Waals surface area contributed by atoms with Gasteiger partial charge in [-0.15, -0.1) is 0 Å². The first-order valence-electron chi connectivity index (χ1n) is 36.7. The van der Waals surface area contributed by atoms with E-state index in [0.29, 0.717) is 6.42 Å². The Bertz CT molecular complexity index is 1570. The minimum Gasteiger partial charge on any atom is -0.394 e. The normalized spacial score (nSPS) is 18.5. The molecule has 0 aliphatic carbocycles. The van der Waals surface area contributed by atoms with Crippen LogP contribution in [0.1, 0.15) is 348 Å². The quantitative estimate of drug-likeness (QED) is 0.0261. The molecule has 1 saturated heterocycles. The van der Waals surface area contributed by atoms with Gasteiger partial charge in [-0.1, -0.05) is 350 Å². The van der Waals surface area contributed by atoms with Crippen LogP contribution in [-0.2, 0) is 14.3 Å². The summed E-state index contributed by atoms with van der Waals surface area (Å²) in [5.74, 6) is -0.171. The van der Waals surface area contributed by atoms with Crippen LogP contribution in [0.4, 0.5) is 0 Å². The van der Waals surface area contributed by atoms with E-state index in [-0.39, 0.29) is 12.5 Å². The van der Waals surface area contributed by atoms with Crippen LogP contribution in [-0.4, -0.2) is 87.5 Å². The van der Waals surface area contributed by atoms with E-state index < -0.39 is 49.5 Å². The van der Waals surface area contributed by atoms with Gasteiger partial charge in [0.15, 0.2) is 6.29 Å². The van der Waals surface area contributed by atoms with Crippen molar-refractivity contribution in [3.63, 3.8) is 0 Å². The summed E-state index contributed by atoms with van der Waals surface area (Å²) in [7, 11) is 0. The molecule has 7 unspecified atom stereocenters. The lowest BCUT2D eigenvalue weighted by Gasteiger charge is -2.40. The Balaban J connectivity index is 2.07. The van der Waals surface area contributed by atoms with Crippen LogP contribution >= 0.6 is 0 Å². The second-order valence-electron chi connectivity index (χ2n) is 25.4. The molecule has 9 nitrogen and oxygen atoms in total. The molecule has 0 aromatic carbocycles. The van der Waals surface area contributed by atoms with Gasteiger partial charge < -0.3 is 40.3 Å². The lowest BCUT2D eigenvalue weighted by atomic mass is 9.99. The third kappa shape index (κ3) is 53.2. The van der Waals surface area contributed by atoms with Gasteiger partial charge in [-0.2, -0.15) is 0 Å². The Labute approximate surface area is 525 Å². The van der Waals surface area contributed by atoms with Crippen molar-refractivity contribution in [3.05, 3.63) is 72.9 Å². The fourth-order valence-electron chi connectivity index (χ4n) is 11.6. The number of nitrogens with one attached hydrogen (secondary N) is 1. The van der Waals surface area contributed by atoms with Crippen molar-refractivity contribution in [2.45, 2.75) is 391 Å². The van der Waals surface area contributed by atoms with E-state index in [2.05, 4.69) is 79.9 Å². The SMILES string of the molecule is CC/C=C\C/C=C\C/C=C\C/C=C\C/C=C\CCCCCCCCCCCCCCCCCCCCCCCCCC(=O)NC(COC1OC(CO)C(O)C(O)C1O)C(O)/C=C/CCCCCCCCCCCCCCCCCCCCCCC. The predicted octanol–water partition coefficient (Wildman–Crippen LogP) is 20.3. The molecule has 0 aromatic heterocycles. The molecule has 7 atom stereocenters. The third-order valence-electron chi connectivity index (χ3n) is 17.3. The average Bonchev–Trinajstić information content (AvgIpc) is 3.66.